The lowest BCUT2D eigenvalue weighted by Crippen LogP contribution is -1.98. The molecule has 0 spiro atoms. The number of nitrogens with two attached hydrogens (primary N) is 1. The summed E-state index contributed by atoms with van der Waals surface area (Å²) in [7, 11) is 1.78. The summed E-state index contributed by atoms with van der Waals surface area (Å²) in [6.45, 7) is 0.195. The van der Waals surface area contributed by atoms with Gasteiger partial charge in [-0.05, 0) is 12.1 Å². The molecule has 88 valence electrons. The fourth-order valence-electron chi connectivity index (χ4n) is 1.80. The van der Waals surface area contributed by atoms with Crippen LogP contribution in [0.5, 0.6) is 11.5 Å². The van der Waals surface area contributed by atoms with E-state index in [9.17, 15) is 0 Å². The third-order valence-corrected chi connectivity index (χ3v) is 3.13. The largest absolute Gasteiger partial charge is 0.454 e. The third-order valence-electron chi connectivity index (χ3n) is 2.75. The number of aromatic nitrogens is 2. The molecule has 0 radical (unpaired) electrons. The molecule has 1 aliphatic heterocycles. The minimum absolute atomic E-state index is 0.195. The van der Waals surface area contributed by atoms with Gasteiger partial charge in [0, 0.05) is 18.2 Å². The molecule has 1 aromatic heterocycles. The van der Waals surface area contributed by atoms with Gasteiger partial charge in [0.25, 0.3) is 0 Å². The van der Waals surface area contributed by atoms with E-state index in [0.717, 1.165) is 11.1 Å². The van der Waals surface area contributed by atoms with Crippen molar-refractivity contribution >= 4 is 17.4 Å². The van der Waals surface area contributed by atoms with Crippen LogP contribution in [0, 0.1) is 0 Å². The maximum absolute atomic E-state index is 6.27. The maximum Gasteiger partial charge on any atom is 0.231 e. The first-order valence-corrected chi connectivity index (χ1v) is 5.42. The summed E-state index contributed by atoms with van der Waals surface area (Å²) in [5.41, 5.74) is 7.50. The van der Waals surface area contributed by atoms with Crippen LogP contribution in [-0.2, 0) is 7.05 Å². The molecule has 3 rings (SSSR count). The van der Waals surface area contributed by atoms with Crippen LogP contribution in [0.3, 0.4) is 0 Å². The van der Waals surface area contributed by atoms with Gasteiger partial charge in [0.2, 0.25) is 6.79 Å². The first kappa shape index (κ1) is 10.3. The molecule has 0 saturated heterocycles. The predicted octanol–water partition coefficient (Wildman–Crippen LogP) is 2.05. The monoisotopic (exact) mass is 251 g/mol. The summed E-state index contributed by atoms with van der Waals surface area (Å²) < 4.78 is 12.2. The Labute approximate surface area is 103 Å². The highest BCUT2D eigenvalue weighted by molar-refractivity contribution is 6.35. The summed E-state index contributed by atoms with van der Waals surface area (Å²) in [6.07, 6.45) is 1.68. The predicted molar refractivity (Wildman–Crippen MR) is 64.2 cm³/mol. The lowest BCUT2D eigenvalue weighted by Gasteiger charge is -2.06. The molecule has 0 bridgehead atoms. The quantitative estimate of drug-likeness (QED) is 0.843. The molecule has 2 heterocycles. The van der Waals surface area contributed by atoms with Gasteiger partial charge >= 0.3 is 0 Å². The molecule has 0 unspecified atom stereocenters. The minimum Gasteiger partial charge on any atom is -0.454 e. The van der Waals surface area contributed by atoms with E-state index in [1.807, 2.05) is 12.1 Å². The average molecular weight is 252 g/mol. The first-order chi connectivity index (χ1) is 8.18. The smallest absolute Gasteiger partial charge is 0.231 e. The van der Waals surface area contributed by atoms with Crippen LogP contribution in [0.25, 0.3) is 11.1 Å². The molecule has 5 nitrogen and oxygen atoms in total. The van der Waals surface area contributed by atoms with Crippen LogP contribution in [-0.4, -0.2) is 16.6 Å². The molecule has 17 heavy (non-hydrogen) atoms. The number of anilines is 1. The van der Waals surface area contributed by atoms with Gasteiger partial charge < -0.3 is 15.2 Å². The average Bonchev–Trinajstić information content (AvgIpc) is 2.90. The topological polar surface area (TPSA) is 62.3 Å². The number of nitrogens with zero attached hydrogens (tertiary/aromatic N) is 2. The standard InChI is InChI=1S/C11H10ClN3O2/c1-15-11(13)7(4-14-15)6-2-3-8-10(9(6)12)17-5-16-8/h2-4H,5,13H2,1H3. The molecule has 2 N–H and O–H groups in total. The van der Waals surface area contributed by atoms with Crippen molar-refractivity contribution in [1.82, 2.24) is 9.78 Å². The Balaban J connectivity index is 2.19. The van der Waals surface area contributed by atoms with Gasteiger partial charge in [0.15, 0.2) is 11.5 Å². The van der Waals surface area contributed by atoms with E-state index in [0.29, 0.717) is 22.3 Å². The summed E-state index contributed by atoms with van der Waals surface area (Å²) >= 11 is 6.27. The molecule has 1 aliphatic rings. The minimum atomic E-state index is 0.195. The van der Waals surface area contributed by atoms with Gasteiger partial charge in [-0.2, -0.15) is 5.10 Å². The Hall–Kier alpha value is -1.88. The molecule has 0 fully saturated rings. The van der Waals surface area contributed by atoms with Crippen molar-refractivity contribution in [3.63, 3.8) is 0 Å². The molecule has 1 aromatic carbocycles. The zero-order valence-electron chi connectivity index (χ0n) is 9.11. The van der Waals surface area contributed by atoms with Gasteiger partial charge in [0.05, 0.1) is 11.2 Å². The number of nitrogen functional groups attached to an aromatic ring is 1. The lowest BCUT2D eigenvalue weighted by molar-refractivity contribution is 0.174. The molecule has 0 saturated carbocycles. The second kappa shape index (κ2) is 3.56. The van der Waals surface area contributed by atoms with Gasteiger partial charge in [-0.15, -0.1) is 0 Å². The first-order valence-electron chi connectivity index (χ1n) is 5.04. The summed E-state index contributed by atoms with van der Waals surface area (Å²) in [5.74, 6) is 1.78. The van der Waals surface area contributed by atoms with Crippen LogP contribution < -0.4 is 15.2 Å². The Morgan fingerprint density at radius 1 is 1.35 bits per heavy atom. The fourth-order valence-corrected chi connectivity index (χ4v) is 2.11. The normalized spacial score (nSPS) is 13.1. The Morgan fingerprint density at radius 3 is 2.88 bits per heavy atom. The van der Waals surface area contributed by atoms with Crippen molar-refractivity contribution in [1.29, 1.82) is 0 Å². The summed E-state index contributed by atoms with van der Waals surface area (Å²) in [5, 5.41) is 4.59. The van der Waals surface area contributed by atoms with E-state index < -0.39 is 0 Å². The van der Waals surface area contributed by atoms with E-state index in [1.165, 1.54) is 0 Å². The van der Waals surface area contributed by atoms with E-state index in [4.69, 9.17) is 26.8 Å². The number of ether oxygens (including phenoxy) is 2. The molecular formula is C11H10ClN3O2. The van der Waals surface area contributed by atoms with Gasteiger partial charge in [0.1, 0.15) is 5.82 Å². The number of benzene rings is 1. The van der Waals surface area contributed by atoms with Crippen LogP contribution in [0.1, 0.15) is 0 Å². The molecule has 2 aromatic rings. The van der Waals surface area contributed by atoms with E-state index >= 15 is 0 Å². The van der Waals surface area contributed by atoms with Crippen LogP contribution in [0.2, 0.25) is 5.02 Å². The second-order valence-corrected chi connectivity index (χ2v) is 4.11. The highest BCUT2D eigenvalue weighted by atomic mass is 35.5. The Kier molecular flexibility index (Phi) is 2.16. The van der Waals surface area contributed by atoms with Crippen molar-refractivity contribution < 1.29 is 9.47 Å². The van der Waals surface area contributed by atoms with Crippen molar-refractivity contribution in [3.05, 3.63) is 23.4 Å². The summed E-state index contributed by atoms with van der Waals surface area (Å²) in [6, 6.07) is 3.67. The number of aryl methyl sites for hydroxylation is 1. The van der Waals surface area contributed by atoms with Crippen molar-refractivity contribution in [2.24, 2.45) is 7.05 Å². The van der Waals surface area contributed by atoms with Crippen LogP contribution in [0.4, 0.5) is 5.82 Å². The highest BCUT2D eigenvalue weighted by Gasteiger charge is 2.22. The SMILES string of the molecule is Cn1ncc(-c2ccc3c(c2Cl)OCO3)c1N. The van der Waals surface area contributed by atoms with E-state index in [1.54, 1.807) is 17.9 Å². The number of hydrogen-bond acceptors (Lipinski definition) is 4. The van der Waals surface area contributed by atoms with Crippen molar-refractivity contribution in [2.75, 3.05) is 12.5 Å². The molecule has 0 atom stereocenters. The zero-order chi connectivity index (χ0) is 12.0. The maximum atomic E-state index is 6.27. The molecule has 0 amide bonds. The van der Waals surface area contributed by atoms with E-state index in [2.05, 4.69) is 5.10 Å². The van der Waals surface area contributed by atoms with Gasteiger partial charge in [-0.1, -0.05) is 11.6 Å². The highest BCUT2D eigenvalue weighted by Crippen LogP contribution is 2.45. The molecule has 6 heteroatoms. The van der Waals surface area contributed by atoms with Crippen molar-refractivity contribution in [3.8, 4) is 22.6 Å². The lowest BCUT2D eigenvalue weighted by atomic mass is 10.1. The van der Waals surface area contributed by atoms with E-state index in [-0.39, 0.29) is 6.79 Å². The zero-order valence-corrected chi connectivity index (χ0v) is 9.86. The number of halogens is 1. The van der Waals surface area contributed by atoms with Crippen molar-refractivity contribution in [2.45, 2.75) is 0 Å². The Morgan fingerprint density at radius 2 is 2.18 bits per heavy atom. The van der Waals surface area contributed by atoms with Crippen LogP contribution in [0.15, 0.2) is 18.3 Å². The molecular weight excluding hydrogens is 242 g/mol. The Bertz CT molecular complexity index is 595. The number of rotatable bonds is 1. The third kappa shape index (κ3) is 1.43. The van der Waals surface area contributed by atoms with Crippen LogP contribution >= 0.6 is 11.6 Å². The van der Waals surface area contributed by atoms with Gasteiger partial charge in [-0.3, -0.25) is 4.68 Å². The van der Waals surface area contributed by atoms with Gasteiger partial charge in [-0.25, -0.2) is 0 Å². The molecule has 0 aliphatic carbocycles. The number of fused-ring (bicyclic) bond motifs is 1. The summed E-state index contributed by atoms with van der Waals surface area (Å²) in [4.78, 5) is 0. The second-order valence-electron chi connectivity index (χ2n) is 3.73. The number of hydrogen-bond donors (Lipinski definition) is 1. The fraction of sp³-hybridized carbons (Fsp3) is 0.182.